The van der Waals surface area contributed by atoms with Crippen molar-refractivity contribution in [2.75, 3.05) is 19.8 Å². The monoisotopic (exact) mass is 251 g/mol. The molecule has 0 saturated carbocycles. The second kappa shape index (κ2) is 5.68. The Morgan fingerprint density at radius 2 is 2.56 bits per heavy atom. The summed E-state index contributed by atoms with van der Waals surface area (Å²) in [6.45, 7) is 3.88. The van der Waals surface area contributed by atoms with Crippen molar-refractivity contribution < 1.29 is 14.7 Å². The first-order valence-electron chi connectivity index (χ1n) is 5.86. The number of nitrogens with zero attached hydrogens (tertiary/aromatic N) is 2. The van der Waals surface area contributed by atoms with Gasteiger partial charge in [0.15, 0.2) is 5.84 Å². The van der Waals surface area contributed by atoms with Crippen LogP contribution in [0, 0.1) is 12.8 Å². The Kier molecular flexibility index (Phi) is 3.99. The smallest absolute Gasteiger partial charge is 0.224 e. The summed E-state index contributed by atoms with van der Waals surface area (Å²) in [4.78, 5) is 4.13. The lowest BCUT2D eigenvalue weighted by molar-refractivity contribution is 0.165. The van der Waals surface area contributed by atoms with Gasteiger partial charge in [-0.25, -0.2) is 4.98 Å². The lowest BCUT2D eigenvalue weighted by Gasteiger charge is -2.13. The molecule has 18 heavy (non-hydrogen) atoms. The van der Waals surface area contributed by atoms with Crippen LogP contribution >= 0.6 is 0 Å². The number of aromatic nitrogens is 1. The molecule has 0 radical (unpaired) electrons. The molecule has 0 aliphatic carbocycles. The van der Waals surface area contributed by atoms with Gasteiger partial charge in [0.1, 0.15) is 0 Å². The molecule has 3 N–H and O–H groups in total. The average molecular weight is 251 g/mol. The van der Waals surface area contributed by atoms with E-state index < -0.39 is 0 Å². The molecule has 1 saturated heterocycles. The first-order valence-corrected chi connectivity index (χ1v) is 5.86. The molecule has 6 nitrogen and oxygen atoms in total. The van der Waals surface area contributed by atoms with E-state index in [-0.39, 0.29) is 5.84 Å². The topological polar surface area (TPSA) is 90.0 Å². The quantitative estimate of drug-likeness (QED) is 0.359. The zero-order chi connectivity index (χ0) is 13.0. The highest BCUT2D eigenvalue weighted by atomic mass is 16.5. The van der Waals surface area contributed by atoms with E-state index in [4.69, 9.17) is 20.4 Å². The van der Waals surface area contributed by atoms with E-state index in [0.29, 0.717) is 30.6 Å². The van der Waals surface area contributed by atoms with Crippen molar-refractivity contribution in [2.24, 2.45) is 16.8 Å². The Balaban J connectivity index is 2.13. The fourth-order valence-electron chi connectivity index (χ4n) is 1.92. The highest BCUT2D eigenvalue weighted by molar-refractivity contribution is 6.00. The molecule has 1 atom stereocenters. The van der Waals surface area contributed by atoms with E-state index in [0.717, 1.165) is 18.6 Å². The van der Waals surface area contributed by atoms with Gasteiger partial charge in [0.05, 0.1) is 18.8 Å². The summed E-state index contributed by atoms with van der Waals surface area (Å²) >= 11 is 0. The minimum atomic E-state index is 0.0123. The molecule has 98 valence electrons. The molecule has 1 aromatic heterocycles. The summed E-state index contributed by atoms with van der Waals surface area (Å²) in [7, 11) is 0. The summed E-state index contributed by atoms with van der Waals surface area (Å²) < 4.78 is 10.9. The van der Waals surface area contributed by atoms with Gasteiger partial charge in [-0.3, -0.25) is 0 Å². The summed E-state index contributed by atoms with van der Waals surface area (Å²) in [6.07, 6.45) is 2.63. The fraction of sp³-hybridized carbons (Fsp3) is 0.500. The first-order chi connectivity index (χ1) is 8.72. The van der Waals surface area contributed by atoms with Gasteiger partial charge >= 0.3 is 0 Å². The van der Waals surface area contributed by atoms with Crippen LogP contribution in [0.4, 0.5) is 0 Å². The van der Waals surface area contributed by atoms with Crippen molar-refractivity contribution in [2.45, 2.75) is 13.3 Å². The van der Waals surface area contributed by atoms with Crippen molar-refractivity contribution in [3.63, 3.8) is 0 Å². The zero-order valence-corrected chi connectivity index (χ0v) is 10.3. The Bertz CT molecular complexity index is 442. The molecule has 2 heterocycles. The van der Waals surface area contributed by atoms with Gasteiger partial charge in [0.25, 0.3) is 0 Å². The van der Waals surface area contributed by atoms with Crippen molar-refractivity contribution in [1.29, 1.82) is 0 Å². The highest BCUT2D eigenvalue weighted by Gasteiger charge is 2.19. The van der Waals surface area contributed by atoms with Gasteiger partial charge in [-0.1, -0.05) is 5.16 Å². The zero-order valence-electron chi connectivity index (χ0n) is 10.3. The number of ether oxygens (including phenoxy) is 2. The van der Waals surface area contributed by atoms with E-state index in [2.05, 4.69) is 10.1 Å². The number of nitrogens with two attached hydrogens (primary N) is 1. The van der Waals surface area contributed by atoms with Gasteiger partial charge in [0, 0.05) is 18.7 Å². The maximum Gasteiger partial charge on any atom is 0.224 e. The SMILES string of the molecule is Cc1ccnc(OCC2CCOC2)c1/C(N)=N/O. The van der Waals surface area contributed by atoms with Crippen LogP contribution in [-0.2, 0) is 4.74 Å². The van der Waals surface area contributed by atoms with Crippen molar-refractivity contribution in [3.05, 3.63) is 23.4 Å². The van der Waals surface area contributed by atoms with Gasteiger partial charge in [-0.15, -0.1) is 0 Å². The second-order valence-corrected chi connectivity index (χ2v) is 4.33. The number of aryl methyl sites for hydroxylation is 1. The molecular formula is C12H17N3O3. The molecular weight excluding hydrogens is 234 g/mol. The van der Waals surface area contributed by atoms with Crippen LogP contribution in [0.3, 0.4) is 0 Å². The Labute approximate surface area is 105 Å². The van der Waals surface area contributed by atoms with Crippen LogP contribution in [0.5, 0.6) is 5.88 Å². The number of amidine groups is 1. The number of hydrogen-bond donors (Lipinski definition) is 2. The second-order valence-electron chi connectivity index (χ2n) is 4.33. The van der Waals surface area contributed by atoms with Crippen molar-refractivity contribution in [3.8, 4) is 5.88 Å². The number of pyridine rings is 1. The Morgan fingerprint density at radius 3 is 3.22 bits per heavy atom. The lowest BCUT2D eigenvalue weighted by atomic mass is 10.1. The van der Waals surface area contributed by atoms with Crippen molar-refractivity contribution >= 4 is 5.84 Å². The van der Waals surface area contributed by atoms with Crippen molar-refractivity contribution in [1.82, 2.24) is 4.98 Å². The molecule has 1 fully saturated rings. The minimum absolute atomic E-state index is 0.0123. The molecule has 1 aromatic rings. The summed E-state index contributed by atoms with van der Waals surface area (Å²) in [5, 5.41) is 11.8. The number of hydrogen-bond acceptors (Lipinski definition) is 5. The van der Waals surface area contributed by atoms with Gasteiger partial charge in [-0.05, 0) is 25.0 Å². The maximum absolute atomic E-state index is 8.78. The summed E-state index contributed by atoms with van der Waals surface area (Å²) in [6, 6.07) is 1.79. The third-order valence-electron chi connectivity index (χ3n) is 2.97. The molecule has 1 unspecified atom stereocenters. The van der Waals surface area contributed by atoms with Gasteiger partial charge in [0.2, 0.25) is 5.88 Å². The molecule has 1 aliphatic rings. The molecule has 0 amide bonds. The molecule has 6 heteroatoms. The number of oxime groups is 1. The van der Waals surface area contributed by atoms with Crippen LogP contribution in [0.1, 0.15) is 17.5 Å². The Morgan fingerprint density at radius 1 is 1.72 bits per heavy atom. The lowest BCUT2D eigenvalue weighted by Crippen LogP contribution is -2.19. The largest absolute Gasteiger partial charge is 0.477 e. The highest BCUT2D eigenvalue weighted by Crippen LogP contribution is 2.21. The molecule has 2 rings (SSSR count). The Hall–Kier alpha value is -1.82. The van der Waals surface area contributed by atoms with E-state index in [1.807, 2.05) is 6.92 Å². The molecule has 0 bridgehead atoms. The summed E-state index contributed by atoms with van der Waals surface area (Å²) in [5.74, 6) is 0.794. The number of rotatable bonds is 4. The first kappa shape index (κ1) is 12.6. The summed E-state index contributed by atoms with van der Waals surface area (Å²) in [5.41, 5.74) is 7.03. The van der Waals surface area contributed by atoms with E-state index in [9.17, 15) is 0 Å². The van der Waals surface area contributed by atoms with E-state index in [1.165, 1.54) is 0 Å². The van der Waals surface area contributed by atoms with Gasteiger partial charge in [-0.2, -0.15) is 0 Å². The van der Waals surface area contributed by atoms with Crippen LogP contribution in [0.25, 0.3) is 0 Å². The van der Waals surface area contributed by atoms with Crippen LogP contribution in [0.2, 0.25) is 0 Å². The van der Waals surface area contributed by atoms with Crippen LogP contribution in [0.15, 0.2) is 17.4 Å². The minimum Gasteiger partial charge on any atom is -0.477 e. The maximum atomic E-state index is 8.78. The standard InChI is InChI=1S/C12H17N3O3/c1-8-2-4-14-12(10(8)11(13)15-16)18-7-9-3-5-17-6-9/h2,4,9,16H,3,5-7H2,1H3,(H2,13,15). The molecule has 0 spiro atoms. The molecule has 0 aromatic carbocycles. The van der Waals surface area contributed by atoms with Crippen LogP contribution < -0.4 is 10.5 Å². The fourth-order valence-corrected chi connectivity index (χ4v) is 1.92. The normalized spacial score (nSPS) is 20.1. The van der Waals surface area contributed by atoms with E-state index in [1.54, 1.807) is 12.3 Å². The molecule has 1 aliphatic heterocycles. The van der Waals surface area contributed by atoms with E-state index >= 15 is 0 Å². The predicted molar refractivity (Wildman–Crippen MR) is 65.9 cm³/mol. The third-order valence-corrected chi connectivity index (χ3v) is 2.97. The third kappa shape index (κ3) is 2.70. The predicted octanol–water partition coefficient (Wildman–Crippen LogP) is 0.900. The van der Waals surface area contributed by atoms with Crippen LogP contribution in [-0.4, -0.2) is 35.8 Å². The van der Waals surface area contributed by atoms with Gasteiger partial charge < -0.3 is 20.4 Å². The average Bonchev–Trinajstić information content (AvgIpc) is 2.88.